The van der Waals surface area contributed by atoms with Gasteiger partial charge in [0.15, 0.2) is 0 Å². The van der Waals surface area contributed by atoms with Crippen LogP contribution in [-0.2, 0) is 12.6 Å². The van der Waals surface area contributed by atoms with Crippen molar-refractivity contribution in [3.63, 3.8) is 0 Å². The van der Waals surface area contributed by atoms with Gasteiger partial charge in [0.1, 0.15) is 0 Å². The summed E-state index contributed by atoms with van der Waals surface area (Å²) < 4.78 is 39.3. The first-order valence-corrected chi connectivity index (χ1v) is 7.64. The summed E-state index contributed by atoms with van der Waals surface area (Å²) in [4.78, 5) is 0.988. The summed E-state index contributed by atoms with van der Waals surface area (Å²) in [6.07, 6.45) is -3.95. The number of benzene rings is 1. The van der Waals surface area contributed by atoms with Crippen molar-refractivity contribution in [3.8, 4) is 0 Å². The molecule has 0 saturated carbocycles. The third kappa shape index (κ3) is 3.97. The molecule has 5 N–H and O–H groups in total. The van der Waals surface area contributed by atoms with Crippen LogP contribution >= 0.6 is 27.3 Å². The van der Waals surface area contributed by atoms with Crippen molar-refractivity contribution in [1.82, 2.24) is 5.43 Å². The molecule has 114 valence electrons. The van der Waals surface area contributed by atoms with Crippen molar-refractivity contribution in [3.05, 3.63) is 50.1 Å². The number of halogens is 4. The molecule has 1 aromatic carbocycles. The van der Waals surface area contributed by atoms with Crippen LogP contribution in [-0.4, -0.2) is 0 Å². The molecule has 0 aliphatic carbocycles. The van der Waals surface area contributed by atoms with E-state index in [1.54, 1.807) is 0 Å². The monoisotopic (exact) mass is 379 g/mol. The molecule has 0 amide bonds. The highest BCUT2D eigenvalue weighted by atomic mass is 79.9. The predicted octanol–water partition coefficient (Wildman–Crippen LogP) is 3.86. The van der Waals surface area contributed by atoms with E-state index in [0.29, 0.717) is 12.0 Å². The Hall–Kier alpha value is -1.09. The average molecular weight is 380 g/mol. The predicted molar refractivity (Wildman–Crippen MR) is 81.6 cm³/mol. The Kier molecular flexibility index (Phi) is 4.92. The number of hydrazine groups is 1. The largest absolute Gasteiger partial charge is 0.416 e. The molecule has 0 aliphatic rings. The first-order chi connectivity index (χ1) is 9.81. The summed E-state index contributed by atoms with van der Waals surface area (Å²) in [5.74, 6) is 5.49. The van der Waals surface area contributed by atoms with Gasteiger partial charge in [-0.15, -0.1) is 11.3 Å². The smallest absolute Gasteiger partial charge is 0.398 e. The number of alkyl halides is 3. The zero-order chi connectivity index (χ0) is 15.6. The Labute approximate surface area is 132 Å². The lowest BCUT2D eigenvalue weighted by atomic mass is 9.99. The van der Waals surface area contributed by atoms with Crippen LogP contribution in [0.4, 0.5) is 18.9 Å². The second-order valence-electron chi connectivity index (χ2n) is 4.50. The SMILES string of the molecule is NNC(Cc1cc(Br)cs1)c1cc(C(F)(F)F)ccc1N. The van der Waals surface area contributed by atoms with Crippen LogP contribution in [0.1, 0.15) is 22.0 Å². The third-order valence-electron chi connectivity index (χ3n) is 3.02. The van der Waals surface area contributed by atoms with Crippen molar-refractivity contribution < 1.29 is 13.2 Å². The minimum atomic E-state index is -4.41. The molecule has 1 heterocycles. The van der Waals surface area contributed by atoms with E-state index in [4.69, 9.17) is 11.6 Å². The molecule has 1 atom stereocenters. The lowest BCUT2D eigenvalue weighted by molar-refractivity contribution is -0.137. The lowest BCUT2D eigenvalue weighted by Crippen LogP contribution is -2.30. The van der Waals surface area contributed by atoms with Crippen LogP contribution in [0.25, 0.3) is 0 Å². The van der Waals surface area contributed by atoms with Crippen LogP contribution in [0.3, 0.4) is 0 Å². The van der Waals surface area contributed by atoms with E-state index in [0.717, 1.165) is 21.5 Å². The molecular weight excluding hydrogens is 367 g/mol. The van der Waals surface area contributed by atoms with E-state index < -0.39 is 17.8 Å². The normalized spacial score (nSPS) is 13.4. The fourth-order valence-corrected chi connectivity index (χ4v) is 3.47. The van der Waals surface area contributed by atoms with Gasteiger partial charge in [-0.2, -0.15) is 13.2 Å². The molecule has 0 aliphatic heterocycles. The zero-order valence-electron chi connectivity index (χ0n) is 10.7. The van der Waals surface area contributed by atoms with Gasteiger partial charge in [0.05, 0.1) is 11.6 Å². The quantitative estimate of drug-likeness (QED) is 0.429. The van der Waals surface area contributed by atoms with E-state index in [1.807, 2.05) is 11.4 Å². The minimum Gasteiger partial charge on any atom is -0.398 e. The second kappa shape index (κ2) is 6.35. The summed E-state index contributed by atoms with van der Waals surface area (Å²) in [6, 6.07) is 4.68. The molecule has 2 rings (SSSR count). The van der Waals surface area contributed by atoms with Gasteiger partial charge < -0.3 is 5.73 Å². The second-order valence-corrected chi connectivity index (χ2v) is 6.41. The molecule has 0 bridgehead atoms. The minimum absolute atomic E-state index is 0.279. The van der Waals surface area contributed by atoms with Crippen LogP contribution < -0.4 is 17.0 Å². The van der Waals surface area contributed by atoms with Crippen LogP contribution in [0.2, 0.25) is 0 Å². The molecule has 3 nitrogen and oxygen atoms in total. The summed E-state index contributed by atoms with van der Waals surface area (Å²) >= 11 is 4.84. The molecular formula is C13H13BrF3N3S. The van der Waals surface area contributed by atoms with E-state index in [-0.39, 0.29) is 5.69 Å². The highest BCUT2D eigenvalue weighted by Crippen LogP contribution is 2.34. The number of nitrogen functional groups attached to an aromatic ring is 1. The Balaban J connectivity index is 2.33. The van der Waals surface area contributed by atoms with Crippen molar-refractivity contribution in [2.75, 3.05) is 5.73 Å². The van der Waals surface area contributed by atoms with E-state index >= 15 is 0 Å². The molecule has 1 aromatic heterocycles. The first-order valence-electron chi connectivity index (χ1n) is 5.97. The average Bonchev–Trinajstić information content (AvgIpc) is 2.81. The molecule has 8 heteroatoms. The summed E-state index contributed by atoms with van der Waals surface area (Å²) in [5, 5.41) is 1.90. The molecule has 1 unspecified atom stereocenters. The number of nitrogens with two attached hydrogens (primary N) is 2. The molecule has 21 heavy (non-hydrogen) atoms. The molecule has 2 aromatic rings. The highest BCUT2D eigenvalue weighted by Gasteiger charge is 2.31. The number of nitrogens with one attached hydrogen (secondary N) is 1. The Morgan fingerprint density at radius 2 is 2.00 bits per heavy atom. The van der Waals surface area contributed by atoms with Gasteiger partial charge in [0.25, 0.3) is 0 Å². The van der Waals surface area contributed by atoms with Gasteiger partial charge in [-0.05, 0) is 45.8 Å². The molecule has 0 saturated heterocycles. The lowest BCUT2D eigenvalue weighted by Gasteiger charge is -2.19. The number of anilines is 1. The van der Waals surface area contributed by atoms with Crippen molar-refractivity contribution in [1.29, 1.82) is 0 Å². The Morgan fingerprint density at radius 1 is 1.29 bits per heavy atom. The van der Waals surface area contributed by atoms with Gasteiger partial charge in [0.2, 0.25) is 0 Å². The van der Waals surface area contributed by atoms with E-state index in [9.17, 15) is 13.2 Å². The van der Waals surface area contributed by atoms with Gasteiger partial charge in [-0.25, -0.2) is 0 Å². The molecule has 0 spiro atoms. The number of rotatable bonds is 4. The third-order valence-corrected chi connectivity index (χ3v) is 4.74. The van der Waals surface area contributed by atoms with Crippen molar-refractivity contribution >= 4 is 33.0 Å². The highest BCUT2D eigenvalue weighted by molar-refractivity contribution is 9.10. The maximum absolute atomic E-state index is 12.8. The zero-order valence-corrected chi connectivity index (χ0v) is 13.1. The summed E-state index contributed by atoms with van der Waals surface area (Å²) in [5.41, 5.74) is 8.23. The summed E-state index contributed by atoms with van der Waals surface area (Å²) in [7, 11) is 0. The van der Waals surface area contributed by atoms with Gasteiger partial charge in [-0.1, -0.05) is 0 Å². The Bertz CT molecular complexity index is 627. The van der Waals surface area contributed by atoms with Crippen LogP contribution in [0.5, 0.6) is 0 Å². The maximum Gasteiger partial charge on any atom is 0.416 e. The molecule has 0 fully saturated rings. The number of hydrogen-bond donors (Lipinski definition) is 3. The maximum atomic E-state index is 12.8. The standard InChI is InChI=1S/C13H13BrF3N3S/c14-8-4-9(21-6-8)5-12(20-19)10-3-7(13(15,16)17)1-2-11(10)18/h1-4,6,12,20H,5,18-19H2. The topological polar surface area (TPSA) is 64.1 Å². The molecule has 0 radical (unpaired) electrons. The van der Waals surface area contributed by atoms with Crippen molar-refractivity contribution in [2.45, 2.75) is 18.6 Å². The number of thiophene rings is 1. The first kappa shape index (κ1) is 16.3. The fraction of sp³-hybridized carbons (Fsp3) is 0.231. The summed E-state index contributed by atoms with van der Waals surface area (Å²) in [6.45, 7) is 0. The van der Waals surface area contributed by atoms with Gasteiger partial charge in [-0.3, -0.25) is 11.3 Å². The number of hydrogen-bond acceptors (Lipinski definition) is 4. The van der Waals surface area contributed by atoms with Gasteiger partial charge in [0, 0.05) is 26.8 Å². The van der Waals surface area contributed by atoms with E-state index in [2.05, 4.69) is 21.4 Å². The van der Waals surface area contributed by atoms with Crippen LogP contribution in [0.15, 0.2) is 34.1 Å². The Morgan fingerprint density at radius 3 is 2.52 bits per heavy atom. The van der Waals surface area contributed by atoms with Crippen molar-refractivity contribution in [2.24, 2.45) is 5.84 Å². The van der Waals surface area contributed by atoms with E-state index in [1.165, 1.54) is 17.4 Å². The van der Waals surface area contributed by atoms with Crippen LogP contribution in [0, 0.1) is 0 Å². The van der Waals surface area contributed by atoms with Gasteiger partial charge >= 0.3 is 6.18 Å². The fourth-order valence-electron chi connectivity index (χ4n) is 1.97.